The van der Waals surface area contributed by atoms with Gasteiger partial charge in [0.25, 0.3) is 5.91 Å². The SMILES string of the molecule is COc1ccc(/C=C/C(=O)N/N=C\c2cc(Br)c(OCc3ccc(Cl)c(Cl)c3)c(OC)c2)cc1OC. The van der Waals surface area contributed by atoms with Gasteiger partial charge in [-0.15, -0.1) is 0 Å². The zero-order valence-electron chi connectivity index (χ0n) is 19.7. The predicted molar refractivity (Wildman–Crippen MR) is 146 cm³/mol. The van der Waals surface area contributed by atoms with Gasteiger partial charge < -0.3 is 18.9 Å². The summed E-state index contributed by atoms with van der Waals surface area (Å²) in [7, 11) is 4.65. The van der Waals surface area contributed by atoms with E-state index in [0.29, 0.717) is 43.1 Å². The van der Waals surface area contributed by atoms with Crippen molar-refractivity contribution >= 4 is 57.3 Å². The fourth-order valence-electron chi connectivity index (χ4n) is 3.08. The molecule has 0 aliphatic heterocycles. The van der Waals surface area contributed by atoms with Gasteiger partial charge >= 0.3 is 0 Å². The Bertz CT molecular complexity index is 1300. The number of hydrogen-bond donors (Lipinski definition) is 1. The van der Waals surface area contributed by atoms with Gasteiger partial charge in [-0.05, 0) is 75.1 Å². The van der Waals surface area contributed by atoms with Crippen LogP contribution in [-0.4, -0.2) is 33.5 Å². The van der Waals surface area contributed by atoms with Crippen LogP contribution in [0.5, 0.6) is 23.0 Å². The van der Waals surface area contributed by atoms with Gasteiger partial charge in [-0.2, -0.15) is 5.10 Å². The maximum absolute atomic E-state index is 12.2. The summed E-state index contributed by atoms with van der Waals surface area (Å²) < 4.78 is 22.5. The number of amides is 1. The van der Waals surface area contributed by atoms with Gasteiger partial charge in [-0.1, -0.05) is 35.3 Å². The van der Waals surface area contributed by atoms with Crippen molar-refractivity contribution in [2.45, 2.75) is 6.61 Å². The number of benzene rings is 3. The number of rotatable bonds is 10. The van der Waals surface area contributed by atoms with Crippen molar-refractivity contribution in [3.63, 3.8) is 0 Å². The average Bonchev–Trinajstić information content (AvgIpc) is 2.88. The van der Waals surface area contributed by atoms with E-state index in [-0.39, 0.29) is 6.61 Å². The van der Waals surface area contributed by atoms with Crippen molar-refractivity contribution in [3.05, 3.63) is 85.8 Å². The van der Waals surface area contributed by atoms with E-state index in [9.17, 15) is 4.79 Å². The quantitative estimate of drug-likeness (QED) is 0.164. The van der Waals surface area contributed by atoms with E-state index < -0.39 is 5.91 Å². The minimum absolute atomic E-state index is 0.266. The van der Waals surface area contributed by atoms with E-state index >= 15 is 0 Å². The number of hydrogen-bond acceptors (Lipinski definition) is 6. The topological polar surface area (TPSA) is 78.4 Å². The first-order valence-corrected chi connectivity index (χ1v) is 12.1. The third-order valence-corrected chi connectivity index (χ3v) is 6.17. The highest BCUT2D eigenvalue weighted by molar-refractivity contribution is 9.10. The van der Waals surface area contributed by atoms with Crippen molar-refractivity contribution in [1.29, 1.82) is 0 Å². The Hall–Kier alpha value is -3.20. The van der Waals surface area contributed by atoms with Crippen molar-refractivity contribution in [1.82, 2.24) is 5.43 Å². The van der Waals surface area contributed by atoms with Crippen LogP contribution in [0.1, 0.15) is 16.7 Å². The number of hydrazone groups is 1. The Labute approximate surface area is 227 Å². The van der Waals surface area contributed by atoms with Crippen LogP contribution in [0.2, 0.25) is 10.0 Å². The molecule has 0 aromatic heterocycles. The highest BCUT2D eigenvalue weighted by atomic mass is 79.9. The van der Waals surface area contributed by atoms with Gasteiger partial charge in [0.1, 0.15) is 6.61 Å². The first kappa shape index (κ1) is 27.4. The summed E-state index contributed by atoms with van der Waals surface area (Å²) >= 11 is 15.5. The molecule has 0 aliphatic rings. The lowest BCUT2D eigenvalue weighted by atomic mass is 10.2. The molecular weight excluding hydrogens is 571 g/mol. The van der Waals surface area contributed by atoms with Crippen LogP contribution in [0.4, 0.5) is 0 Å². The Morgan fingerprint density at radius 1 is 0.917 bits per heavy atom. The maximum Gasteiger partial charge on any atom is 0.264 e. The second kappa shape index (κ2) is 13.2. The van der Waals surface area contributed by atoms with Gasteiger partial charge in [0.05, 0.1) is 42.1 Å². The van der Waals surface area contributed by atoms with E-state index in [1.54, 1.807) is 56.7 Å². The molecule has 0 heterocycles. The summed E-state index contributed by atoms with van der Waals surface area (Å²) in [5.41, 5.74) is 4.77. The maximum atomic E-state index is 12.2. The van der Waals surface area contributed by atoms with E-state index in [2.05, 4.69) is 26.5 Å². The van der Waals surface area contributed by atoms with Crippen LogP contribution in [-0.2, 0) is 11.4 Å². The molecule has 0 fully saturated rings. The molecule has 10 heteroatoms. The van der Waals surface area contributed by atoms with Crippen LogP contribution in [0, 0.1) is 0 Å². The largest absolute Gasteiger partial charge is 0.493 e. The lowest BCUT2D eigenvalue weighted by Crippen LogP contribution is -2.14. The molecule has 0 radical (unpaired) electrons. The molecule has 0 bridgehead atoms. The number of nitrogens with zero attached hydrogens (tertiary/aromatic N) is 1. The van der Waals surface area contributed by atoms with Crippen LogP contribution < -0.4 is 24.4 Å². The van der Waals surface area contributed by atoms with E-state index in [1.807, 2.05) is 12.1 Å². The molecule has 0 aliphatic carbocycles. The summed E-state index contributed by atoms with van der Waals surface area (Å²) in [4.78, 5) is 12.2. The highest BCUT2D eigenvalue weighted by Crippen LogP contribution is 2.37. The second-order valence-electron chi connectivity index (χ2n) is 7.25. The Morgan fingerprint density at radius 2 is 1.64 bits per heavy atom. The fourth-order valence-corrected chi connectivity index (χ4v) is 3.97. The van der Waals surface area contributed by atoms with Crippen molar-refractivity contribution in [3.8, 4) is 23.0 Å². The van der Waals surface area contributed by atoms with Crippen LogP contribution >= 0.6 is 39.1 Å². The smallest absolute Gasteiger partial charge is 0.264 e. The van der Waals surface area contributed by atoms with Crippen molar-refractivity contribution < 1.29 is 23.7 Å². The van der Waals surface area contributed by atoms with E-state index in [0.717, 1.165) is 11.1 Å². The average molecular weight is 594 g/mol. The van der Waals surface area contributed by atoms with E-state index in [4.69, 9.17) is 42.1 Å². The number of halogens is 3. The molecule has 0 saturated carbocycles. The van der Waals surface area contributed by atoms with Crippen molar-refractivity contribution in [2.24, 2.45) is 5.10 Å². The predicted octanol–water partition coefficient (Wildman–Crippen LogP) is 6.52. The van der Waals surface area contributed by atoms with Crippen molar-refractivity contribution in [2.75, 3.05) is 21.3 Å². The van der Waals surface area contributed by atoms with Crippen LogP contribution in [0.3, 0.4) is 0 Å². The number of nitrogens with one attached hydrogen (secondary N) is 1. The Morgan fingerprint density at radius 3 is 2.33 bits per heavy atom. The molecule has 3 aromatic rings. The third-order valence-electron chi connectivity index (χ3n) is 4.84. The molecule has 0 saturated heterocycles. The minimum Gasteiger partial charge on any atom is -0.493 e. The number of carbonyl (C=O) groups excluding carboxylic acids is 1. The molecule has 1 amide bonds. The lowest BCUT2D eigenvalue weighted by molar-refractivity contribution is -0.116. The molecule has 3 aromatic carbocycles. The number of carbonyl (C=O) groups is 1. The zero-order valence-corrected chi connectivity index (χ0v) is 22.8. The monoisotopic (exact) mass is 592 g/mol. The summed E-state index contributed by atoms with van der Waals surface area (Å²) in [5, 5.41) is 4.94. The molecule has 0 spiro atoms. The Balaban J connectivity index is 1.63. The molecular formula is C26H23BrCl2N2O5. The van der Waals surface area contributed by atoms with Crippen LogP contribution in [0.25, 0.3) is 6.08 Å². The van der Waals surface area contributed by atoms with Crippen LogP contribution in [0.15, 0.2) is 64.2 Å². The van der Waals surface area contributed by atoms with Gasteiger partial charge in [0.15, 0.2) is 23.0 Å². The fraction of sp³-hybridized carbons (Fsp3) is 0.154. The molecule has 7 nitrogen and oxygen atoms in total. The zero-order chi connectivity index (χ0) is 26.1. The molecule has 3 rings (SSSR count). The molecule has 1 N–H and O–H groups in total. The van der Waals surface area contributed by atoms with Gasteiger partial charge in [0.2, 0.25) is 0 Å². The summed E-state index contributed by atoms with van der Waals surface area (Å²) in [6.45, 7) is 0.266. The molecule has 0 atom stereocenters. The lowest BCUT2D eigenvalue weighted by Gasteiger charge is -2.14. The first-order valence-electron chi connectivity index (χ1n) is 10.5. The summed E-state index contributed by atoms with van der Waals surface area (Å²) in [6.07, 6.45) is 4.51. The molecule has 0 unspecified atom stereocenters. The normalized spacial score (nSPS) is 11.1. The highest BCUT2D eigenvalue weighted by Gasteiger charge is 2.12. The minimum atomic E-state index is -0.395. The number of methoxy groups -OCH3 is 3. The molecule has 36 heavy (non-hydrogen) atoms. The standard InChI is InChI=1S/C26H23BrCl2N2O5/c1-33-22-8-5-16(12-23(22)34-2)6-9-25(32)31-30-14-18-10-19(27)26(24(13-18)35-3)36-15-17-4-7-20(28)21(29)11-17/h4-14H,15H2,1-3H3,(H,31,32)/b9-6+,30-14-. The third kappa shape index (κ3) is 7.40. The first-order chi connectivity index (χ1) is 17.3. The second-order valence-corrected chi connectivity index (χ2v) is 8.92. The van der Waals surface area contributed by atoms with Gasteiger partial charge in [-0.3, -0.25) is 4.79 Å². The van der Waals surface area contributed by atoms with E-state index in [1.165, 1.54) is 19.4 Å². The molecule has 188 valence electrons. The Kier molecular flexibility index (Phi) is 10.0. The number of ether oxygens (including phenoxy) is 4. The summed E-state index contributed by atoms with van der Waals surface area (Å²) in [5.74, 6) is 1.79. The van der Waals surface area contributed by atoms with Gasteiger partial charge in [0, 0.05) is 6.08 Å². The van der Waals surface area contributed by atoms with Gasteiger partial charge in [-0.25, -0.2) is 5.43 Å². The summed E-state index contributed by atoms with van der Waals surface area (Å²) in [6, 6.07) is 14.2.